The molecule has 0 aliphatic heterocycles. The molecule has 26 heavy (non-hydrogen) atoms. The minimum Gasteiger partial charge on any atom is -0.497 e. The monoisotopic (exact) mass is 362 g/mol. The van der Waals surface area contributed by atoms with Crippen LogP contribution in [-0.2, 0) is 0 Å². The molecule has 0 saturated heterocycles. The Kier molecular flexibility index (Phi) is 4.09. The van der Waals surface area contributed by atoms with E-state index in [1.165, 1.54) is 11.3 Å². The van der Waals surface area contributed by atoms with Crippen molar-refractivity contribution in [2.75, 3.05) is 19.1 Å². The van der Waals surface area contributed by atoms with E-state index in [9.17, 15) is 4.79 Å². The number of pyridine rings is 1. The molecule has 2 aromatic heterocycles. The van der Waals surface area contributed by atoms with E-state index in [-0.39, 0.29) is 5.91 Å². The van der Waals surface area contributed by atoms with Gasteiger partial charge in [0.05, 0.1) is 17.5 Å². The molecular formula is C21H18N2O2S. The van der Waals surface area contributed by atoms with E-state index >= 15 is 0 Å². The summed E-state index contributed by atoms with van der Waals surface area (Å²) in [5.74, 6) is 0.747. The van der Waals surface area contributed by atoms with Crippen LogP contribution >= 0.6 is 11.3 Å². The Morgan fingerprint density at radius 1 is 1.08 bits per heavy atom. The molecule has 0 atom stereocenters. The Morgan fingerprint density at radius 3 is 2.69 bits per heavy atom. The van der Waals surface area contributed by atoms with Gasteiger partial charge in [-0.15, -0.1) is 11.3 Å². The van der Waals surface area contributed by atoms with Gasteiger partial charge in [0, 0.05) is 29.6 Å². The molecule has 0 aliphatic rings. The SMILES string of the molecule is COc1ccc2cc3cc(C(=O)N(C)c4cccc(C)c4)sc3nc2c1. The minimum absolute atomic E-state index is 0.0276. The maximum atomic E-state index is 12.9. The van der Waals surface area contributed by atoms with Crippen molar-refractivity contribution < 1.29 is 9.53 Å². The number of anilines is 1. The van der Waals surface area contributed by atoms with Crippen LogP contribution < -0.4 is 9.64 Å². The molecule has 0 unspecified atom stereocenters. The second-order valence-corrected chi connectivity index (χ2v) is 7.29. The standard InChI is InChI=1S/C21H18N2O2S/c1-13-5-4-6-16(9-13)23(2)21(24)19-11-15-10-14-7-8-17(25-3)12-18(14)22-20(15)26-19/h4-12H,1-3H3. The predicted molar refractivity (Wildman–Crippen MR) is 108 cm³/mol. The van der Waals surface area contributed by atoms with Gasteiger partial charge in [0.1, 0.15) is 10.6 Å². The number of hydrogen-bond acceptors (Lipinski definition) is 4. The number of nitrogens with zero attached hydrogens (tertiary/aromatic N) is 2. The second kappa shape index (κ2) is 6.42. The third kappa shape index (κ3) is 2.91. The number of methoxy groups -OCH3 is 1. The Morgan fingerprint density at radius 2 is 1.92 bits per heavy atom. The third-order valence-electron chi connectivity index (χ3n) is 4.42. The minimum atomic E-state index is -0.0276. The highest BCUT2D eigenvalue weighted by Gasteiger charge is 2.17. The Balaban J connectivity index is 1.74. The topological polar surface area (TPSA) is 42.4 Å². The predicted octanol–water partition coefficient (Wildman–Crippen LogP) is 5.04. The van der Waals surface area contributed by atoms with Crippen molar-refractivity contribution in [3.63, 3.8) is 0 Å². The quantitative estimate of drug-likeness (QED) is 0.512. The van der Waals surface area contributed by atoms with Crippen LogP contribution in [0.15, 0.2) is 54.6 Å². The van der Waals surface area contributed by atoms with Crippen LogP contribution in [0.2, 0.25) is 0 Å². The van der Waals surface area contributed by atoms with Crippen molar-refractivity contribution in [3.05, 3.63) is 65.0 Å². The van der Waals surface area contributed by atoms with Gasteiger partial charge >= 0.3 is 0 Å². The van der Waals surface area contributed by atoms with E-state index in [1.54, 1.807) is 19.1 Å². The lowest BCUT2D eigenvalue weighted by Gasteiger charge is -2.16. The average molecular weight is 362 g/mol. The summed E-state index contributed by atoms with van der Waals surface area (Å²) in [5, 5.41) is 2.01. The van der Waals surface area contributed by atoms with Gasteiger partial charge in [-0.3, -0.25) is 4.79 Å². The molecule has 130 valence electrons. The largest absolute Gasteiger partial charge is 0.497 e. The Hall–Kier alpha value is -2.92. The fraction of sp³-hybridized carbons (Fsp3) is 0.143. The molecule has 0 saturated carbocycles. The number of amides is 1. The summed E-state index contributed by atoms with van der Waals surface area (Å²) in [5.41, 5.74) is 2.88. The molecule has 1 amide bonds. The smallest absolute Gasteiger partial charge is 0.268 e. The normalized spacial score (nSPS) is 11.0. The molecule has 0 spiro atoms. The van der Waals surface area contributed by atoms with Crippen molar-refractivity contribution in [1.29, 1.82) is 0 Å². The van der Waals surface area contributed by atoms with Gasteiger partial charge in [-0.1, -0.05) is 12.1 Å². The highest BCUT2D eigenvalue weighted by Crippen LogP contribution is 2.30. The third-order valence-corrected chi connectivity index (χ3v) is 5.45. The number of carbonyl (C=O) groups is 1. The van der Waals surface area contributed by atoms with E-state index in [0.29, 0.717) is 4.88 Å². The molecule has 0 fully saturated rings. The van der Waals surface area contributed by atoms with Crippen LogP contribution in [0.4, 0.5) is 5.69 Å². The Bertz CT molecular complexity index is 1130. The zero-order chi connectivity index (χ0) is 18.3. The molecule has 2 heterocycles. The summed E-state index contributed by atoms with van der Waals surface area (Å²) in [4.78, 5) is 20.8. The number of hydrogen-bond donors (Lipinski definition) is 0. The van der Waals surface area contributed by atoms with Crippen LogP contribution in [0.3, 0.4) is 0 Å². The van der Waals surface area contributed by atoms with E-state index < -0.39 is 0 Å². The van der Waals surface area contributed by atoms with Crippen molar-refractivity contribution in [1.82, 2.24) is 4.98 Å². The van der Waals surface area contributed by atoms with Crippen molar-refractivity contribution in [3.8, 4) is 5.75 Å². The van der Waals surface area contributed by atoms with Gasteiger partial charge in [0.15, 0.2) is 0 Å². The summed E-state index contributed by atoms with van der Waals surface area (Å²) in [6.07, 6.45) is 0. The summed E-state index contributed by atoms with van der Waals surface area (Å²) in [7, 11) is 3.44. The molecule has 5 heteroatoms. The molecular weight excluding hydrogens is 344 g/mol. The molecule has 0 radical (unpaired) electrons. The van der Waals surface area contributed by atoms with Gasteiger partial charge in [0.25, 0.3) is 5.91 Å². The van der Waals surface area contributed by atoms with Gasteiger partial charge in [0.2, 0.25) is 0 Å². The van der Waals surface area contributed by atoms with Crippen molar-refractivity contribution in [2.24, 2.45) is 0 Å². The second-order valence-electron chi connectivity index (χ2n) is 6.26. The average Bonchev–Trinajstić information content (AvgIpc) is 3.07. The van der Waals surface area contributed by atoms with Crippen LogP contribution in [0.1, 0.15) is 15.2 Å². The number of carbonyl (C=O) groups excluding carboxylic acids is 1. The first-order valence-corrected chi connectivity index (χ1v) is 9.10. The molecule has 0 N–H and O–H groups in total. The number of benzene rings is 2. The Labute approximate surface area is 155 Å². The van der Waals surface area contributed by atoms with Crippen LogP contribution in [0, 0.1) is 6.92 Å². The molecule has 2 aromatic carbocycles. The van der Waals surface area contributed by atoms with Crippen LogP contribution in [0.5, 0.6) is 5.75 Å². The van der Waals surface area contributed by atoms with Crippen LogP contribution in [0.25, 0.3) is 21.1 Å². The summed E-state index contributed by atoms with van der Waals surface area (Å²) < 4.78 is 5.27. The fourth-order valence-electron chi connectivity index (χ4n) is 2.96. The molecule has 4 rings (SSSR count). The molecule has 0 bridgehead atoms. The number of ether oxygens (including phenoxy) is 1. The number of rotatable bonds is 3. The number of aromatic nitrogens is 1. The van der Waals surface area contributed by atoms with E-state index in [2.05, 4.69) is 6.07 Å². The zero-order valence-corrected chi connectivity index (χ0v) is 15.6. The fourth-order valence-corrected chi connectivity index (χ4v) is 3.96. The summed E-state index contributed by atoms with van der Waals surface area (Å²) in [6.45, 7) is 2.02. The van der Waals surface area contributed by atoms with Gasteiger partial charge in [-0.25, -0.2) is 4.98 Å². The van der Waals surface area contributed by atoms with E-state index in [4.69, 9.17) is 9.72 Å². The number of thiophene rings is 1. The van der Waals surface area contributed by atoms with Crippen molar-refractivity contribution in [2.45, 2.75) is 6.92 Å². The van der Waals surface area contributed by atoms with Gasteiger partial charge < -0.3 is 9.64 Å². The van der Waals surface area contributed by atoms with Gasteiger partial charge in [-0.05, 0) is 48.9 Å². The summed E-state index contributed by atoms with van der Waals surface area (Å²) >= 11 is 1.42. The number of fused-ring (bicyclic) bond motifs is 2. The lowest BCUT2D eigenvalue weighted by atomic mass is 10.2. The maximum Gasteiger partial charge on any atom is 0.268 e. The lowest BCUT2D eigenvalue weighted by Crippen LogP contribution is -2.25. The van der Waals surface area contributed by atoms with E-state index in [1.807, 2.05) is 55.5 Å². The lowest BCUT2D eigenvalue weighted by molar-refractivity contribution is 0.0997. The van der Waals surface area contributed by atoms with Crippen LogP contribution in [-0.4, -0.2) is 25.0 Å². The number of aryl methyl sites for hydroxylation is 1. The highest BCUT2D eigenvalue weighted by molar-refractivity contribution is 7.20. The molecule has 0 aliphatic carbocycles. The van der Waals surface area contributed by atoms with E-state index in [0.717, 1.165) is 38.1 Å². The maximum absolute atomic E-state index is 12.9. The first-order chi connectivity index (χ1) is 12.5. The highest BCUT2D eigenvalue weighted by atomic mass is 32.1. The van der Waals surface area contributed by atoms with Crippen molar-refractivity contribution >= 4 is 44.1 Å². The molecule has 4 nitrogen and oxygen atoms in total. The summed E-state index contributed by atoms with van der Waals surface area (Å²) in [6, 6.07) is 17.7. The first kappa shape index (κ1) is 16.5. The molecule has 4 aromatic rings. The zero-order valence-electron chi connectivity index (χ0n) is 14.8. The van der Waals surface area contributed by atoms with Gasteiger partial charge in [-0.2, -0.15) is 0 Å². The first-order valence-electron chi connectivity index (χ1n) is 8.28.